The number of aliphatic hydroxyl groups is 4. The van der Waals surface area contributed by atoms with Crippen molar-refractivity contribution in [2.24, 2.45) is 5.92 Å². The van der Waals surface area contributed by atoms with Crippen LogP contribution in [-0.2, 0) is 9.47 Å². The van der Waals surface area contributed by atoms with E-state index in [1.165, 1.54) is 0 Å². The van der Waals surface area contributed by atoms with Crippen molar-refractivity contribution in [1.82, 2.24) is 0 Å². The average molecular weight is 294 g/mol. The van der Waals surface area contributed by atoms with E-state index in [9.17, 15) is 5.11 Å². The largest absolute Gasteiger partial charge is 0.394 e. The zero-order valence-electron chi connectivity index (χ0n) is 11.8. The Bertz CT molecular complexity index is 262. The second-order valence-electron chi connectivity index (χ2n) is 5.38. The summed E-state index contributed by atoms with van der Waals surface area (Å²) in [4.78, 5) is 0. The molecule has 0 amide bonds. The Morgan fingerprint density at radius 3 is 1.70 bits per heavy atom. The highest BCUT2D eigenvalue weighted by Gasteiger charge is 2.37. The summed E-state index contributed by atoms with van der Waals surface area (Å²) in [6.45, 7) is 5.55. The number of aliphatic hydroxyl groups excluding tert-OH is 4. The molecule has 6 heteroatoms. The van der Waals surface area contributed by atoms with Gasteiger partial charge in [0.15, 0.2) is 0 Å². The Labute approximate surface area is 121 Å². The van der Waals surface area contributed by atoms with E-state index < -0.39 is 12.2 Å². The van der Waals surface area contributed by atoms with Crippen LogP contribution in [-0.4, -0.2) is 70.3 Å². The third kappa shape index (κ3) is 4.95. The highest BCUT2D eigenvalue weighted by molar-refractivity contribution is 4.85. The first-order valence-corrected chi connectivity index (χ1v) is 6.79. The van der Waals surface area contributed by atoms with Gasteiger partial charge in [0.1, 0.15) is 12.2 Å². The first-order chi connectivity index (χ1) is 8.90. The Morgan fingerprint density at radius 2 is 1.50 bits per heavy atom. The molecule has 2 heterocycles. The van der Waals surface area contributed by atoms with Crippen LogP contribution < -0.4 is 0 Å². The van der Waals surface area contributed by atoms with Crippen LogP contribution in [0.1, 0.15) is 34.6 Å². The molecule has 0 bridgehead atoms. The lowest BCUT2D eigenvalue weighted by molar-refractivity contribution is -0.0170. The lowest BCUT2D eigenvalue weighted by atomic mass is 10.00. The van der Waals surface area contributed by atoms with E-state index in [-0.39, 0.29) is 51.0 Å². The summed E-state index contributed by atoms with van der Waals surface area (Å²) in [7, 11) is 0. The van der Waals surface area contributed by atoms with Crippen molar-refractivity contribution in [3.05, 3.63) is 0 Å². The standard InChI is InChI=1S/C7H14O3.C6H12O3.CH4/c1-4-5(2)10-6(3-8)7(4)9;1-4-2-5(8)6(3-7)9-4;/h4-9H,3H2,1-2H3;4-8H,2-3H2,1H3;1H4. The fraction of sp³-hybridized carbons (Fsp3) is 1.00. The van der Waals surface area contributed by atoms with Crippen LogP contribution in [0.25, 0.3) is 0 Å². The fourth-order valence-corrected chi connectivity index (χ4v) is 2.35. The topological polar surface area (TPSA) is 99.4 Å². The van der Waals surface area contributed by atoms with E-state index in [0.717, 1.165) is 0 Å². The lowest BCUT2D eigenvalue weighted by Crippen LogP contribution is -2.28. The molecule has 2 aliphatic rings. The van der Waals surface area contributed by atoms with E-state index in [1.807, 2.05) is 20.8 Å². The molecule has 20 heavy (non-hydrogen) atoms. The molecule has 122 valence electrons. The Balaban J connectivity index is 0.000000345. The molecule has 0 aromatic carbocycles. The highest BCUT2D eigenvalue weighted by atomic mass is 16.5. The monoisotopic (exact) mass is 294 g/mol. The fourth-order valence-electron chi connectivity index (χ4n) is 2.35. The molecular weight excluding hydrogens is 264 g/mol. The van der Waals surface area contributed by atoms with Gasteiger partial charge in [-0.05, 0) is 13.8 Å². The van der Waals surface area contributed by atoms with E-state index in [4.69, 9.17) is 24.8 Å². The van der Waals surface area contributed by atoms with E-state index in [2.05, 4.69) is 0 Å². The Morgan fingerprint density at radius 1 is 0.950 bits per heavy atom. The van der Waals surface area contributed by atoms with E-state index in [1.54, 1.807) is 0 Å². The first-order valence-electron chi connectivity index (χ1n) is 6.79. The predicted octanol–water partition coefficient (Wildman–Crippen LogP) is -0.0839. The summed E-state index contributed by atoms with van der Waals surface area (Å²) in [5, 5.41) is 35.7. The van der Waals surface area contributed by atoms with Gasteiger partial charge in [-0.3, -0.25) is 0 Å². The van der Waals surface area contributed by atoms with E-state index in [0.29, 0.717) is 6.42 Å². The molecule has 7 atom stereocenters. The molecule has 0 spiro atoms. The smallest absolute Gasteiger partial charge is 0.107 e. The molecule has 6 nitrogen and oxygen atoms in total. The molecule has 0 aromatic rings. The maximum atomic E-state index is 9.34. The second kappa shape index (κ2) is 8.92. The van der Waals surface area contributed by atoms with Crippen LogP contribution in [0, 0.1) is 5.92 Å². The Kier molecular flexibility index (Phi) is 8.81. The molecule has 0 aromatic heterocycles. The van der Waals surface area contributed by atoms with E-state index >= 15 is 0 Å². The minimum atomic E-state index is -0.500. The van der Waals surface area contributed by atoms with Crippen LogP contribution in [0.2, 0.25) is 0 Å². The van der Waals surface area contributed by atoms with Crippen molar-refractivity contribution >= 4 is 0 Å². The maximum Gasteiger partial charge on any atom is 0.107 e. The zero-order chi connectivity index (χ0) is 14.6. The quantitative estimate of drug-likeness (QED) is 0.568. The van der Waals surface area contributed by atoms with Gasteiger partial charge in [-0.1, -0.05) is 14.4 Å². The van der Waals surface area contributed by atoms with Gasteiger partial charge in [-0.2, -0.15) is 0 Å². The lowest BCUT2D eigenvalue weighted by Gasteiger charge is -2.11. The third-order valence-electron chi connectivity index (χ3n) is 3.82. The van der Waals surface area contributed by atoms with Crippen LogP contribution in [0.5, 0.6) is 0 Å². The second-order valence-corrected chi connectivity index (χ2v) is 5.38. The molecule has 2 saturated heterocycles. The molecule has 2 fully saturated rings. The summed E-state index contributed by atoms with van der Waals surface area (Å²) >= 11 is 0. The predicted molar refractivity (Wildman–Crippen MR) is 75.4 cm³/mol. The average Bonchev–Trinajstić information content (AvgIpc) is 2.83. The first kappa shape index (κ1) is 19.8. The SMILES string of the molecule is C.CC1CC(O)C(CO)O1.CC1OC(CO)C(O)C1C. The normalized spacial score (nSPS) is 43.6. The molecular formula is C14H30O6. The summed E-state index contributed by atoms with van der Waals surface area (Å²) in [6, 6.07) is 0. The van der Waals surface area contributed by atoms with Crippen molar-refractivity contribution < 1.29 is 29.9 Å². The molecule has 4 N–H and O–H groups in total. The van der Waals surface area contributed by atoms with Gasteiger partial charge >= 0.3 is 0 Å². The molecule has 0 saturated carbocycles. The summed E-state index contributed by atoms with van der Waals surface area (Å²) in [6.07, 6.45) is -0.884. The van der Waals surface area contributed by atoms with Gasteiger partial charge in [-0.25, -0.2) is 0 Å². The minimum absolute atomic E-state index is 0. The summed E-state index contributed by atoms with van der Waals surface area (Å²) in [5.41, 5.74) is 0. The van der Waals surface area contributed by atoms with Gasteiger partial charge in [0.05, 0.1) is 37.6 Å². The Hall–Kier alpha value is -0.240. The number of hydrogen-bond donors (Lipinski definition) is 4. The molecule has 2 aliphatic heterocycles. The zero-order valence-corrected chi connectivity index (χ0v) is 11.8. The molecule has 0 radical (unpaired) electrons. The maximum absolute atomic E-state index is 9.34. The number of rotatable bonds is 2. The van der Waals surface area contributed by atoms with Gasteiger partial charge in [0.2, 0.25) is 0 Å². The number of ether oxygens (including phenoxy) is 2. The van der Waals surface area contributed by atoms with Gasteiger partial charge < -0.3 is 29.9 Å². The molecule has 0 aliphatic carbocycles. The van der Waals surface area contributed by atoms with Crippen LogP contribution >= 0.6 is 0 Å². The third-order valence-corrected chi connectivity index (χ3v) is 3.82. The minimum Gasteiger partial charge on any atom is -0.394 e. The van der Waals surface area contributed by atoms with Crippen molar-refractivity contribution in [2.75, 3.05) is 13.2 Å². The summed E-state index contributed by atoms with van der Waals surface area (Å²) < 4.78 is 10.4. The number of hydrogen-bond acceptors (Lipinski definition) is 6. The summed E-state index contributed by atoms with van der Waals surface area (Å²) in [5.74, 6) is 0.136. The molecule has 7 unspecified atom stereocenters. The van der Waals surface area contributed by atoms with Crippen LogP contribution in [0.4, 0.5) is 0 Å². The van der Waals surface area contributed by atoms with Gasteiger partial charge in [0.25, 0.3) is 0 Å². The van der Waals surface area contributed by atoms with Crippen LogP contribution in [0.3, 0.4) is 0 Å². The van der Waals surface area contributed by atoms with Crippen molar-refractivity contribution in [3.8, 4) is 0 Å². The molecule has 2 rings (SSSR count). The van der Waals surface area contributed by atoms with Gasteiger partial charge in [-0.15, -0.1) is 0 Å². The van der Waals surface area contributed by atoms with Crippen molar-refractivity contribution in [1.29, 1.82) is 0 Å². The van der Waals surface area contributed by atoms with Crippen LogP contribution in [0.15, 0.2) is 0 Å². The van der Waals surface area contributed by atoms with Crippen molar-refractivity contribution in [2.45, 2.75) is 71.2 Å². The van der Waals surface area contributed by atoms with Crippen molar-refractivity contribution in [3.63, 3.8) is 0 Å². The highest BCUT2D eigenvalue weighted by Crippen LogP contribution is 2.25. The van der Waals surface area contributed by atoms with Gasteiger partial charge in [0, 0.05) is 12.3 Å².